The Hall–Kier alpha value is -10.6. The van der Waals surface area contributed by atoms with Gasteiger partial charge in [-0.15, -0.1) is 0 Å². The highest BCUT2D eigenvalue weighted by Gasteiger charge is 2.43. The molecular formula is C74H48Cl4F3N9O6. The number of fused-ring (bicyclic) bond motifs is 6. The van der Waals surface area contributed by atoms with E-state index in [1.165, 1.54) is 45.3 Å². The number of halogens is 7. The Morgan fingerprint density at radius 1 is 0.375 bits per heavy atom. The van der Waals surface area contributed by atoms with Crippen LogP contribution in [0.5, 0.6) is 0 Å². The van der Waals surface area contributed by atoms with Crippen molar-refractivity contribution < 1.29 is 41.9 Å². The average Bonchev–Trinajstić information content (AvgIpc) is 1.46. The molecule has 0 saturated heterocycles. The van der Waals surface area contributed by atoms with Gasteiger partial charge in [-0.05, 0) is 118 Å². The molecule has 9 heterocycles. The number of rotatable bonds is 10. The number of amides is 6. The molecule has 3 atom stereocenters. The van der Waals surface area contributed by atoms with E-state index in [4.69, 9.17) is 51.4 Å². The maximum Gasteiger partial charge on any atom is 0.262 e. The second-order valence-electron chi connectivity index (χ2n) is 22.7. The highest BCUT2D eigenvalue weighted by molar-refractivity contribution is 6.36. The zero-order valence-corrected chi connectivity index (χ0v) is 54.0. The second-order valence-corrected chi connectivity index (χ2v) is 24.3. The normalized spacial score (nSPS) is 14.2. The summed E-state index contributed by atoms with van der Waals surface area (Å²) in [5.74, 6) is -3.89. The molecule has 0 spiro atoms. The maximum absolute atomic E-state index is 14.3. The number of nitrogens with zero attached hydrogens (tertiary/aromatic N) is 9. The SMILES string of the molecule is CCc1ncc(F)cc1-c1nc2c(Cl)cccc2cc1[C@H](C)N1C(=O)c2ccccc2C1=O.C[C@@H](c1cc2cccc(Cl)c2nc1-c1cc(F)cnc1Cl)N1C(=O)c2ccccc2C1=O.C[C@@H](c1cc2cccc(Cl)c2nc1-c1cncc(F)c1)N1C(=O)c2ccccc2C1=O. The van der Waals surface area contributed by atoms with Crippen LogP contribution in [0.15, 0.2) is 189 Å². The highest BCUT2D eigenvalue weighted by atomic mass is 35.5. The number of hydrogen-bond donors (Lipinski definition) is 0. The van der Waals surface area contributed by atoms with Crippen molar-refractivity contribution in [3.8, 4) is 33.8 Å². The minimum Gasteiger partial charge on any atom is -0.269 e. The quantitative estimate of drug-likeness (QED) is 0.0932. The molecule has 6 aromatic heterocycles. The van der Waals surface area contributed by atoms with Gasteiger partial charge in [-0.1, -0.05) is 126 Å². The van der Waals surface area contributed by atoms with Gasteiger partial charge in [0.25, 0.3) is 35.4 Å². The summed E-state index contributed by atoms with van der Waals surface area (Å²) in [6, 6.07) is 43.6. The molecule has 474 valence electrons. The van der Waals surface area contributed by atoms with Crippen LogP contribution in [0.4, 0.5) is 13.2 Å². The van der Waals surface area contributed by atoms with Gasteiger partial charge in [0.15, 0.2) is 0 Å². The van der Waals surface area contributed by atoms with E-state index < -0.39 is 47.4 Å². The summed E-state index contributed by atoms with van der Waals surface area (Å²) in [6.07, 6.45) is 5.33. The lowest BCUT2D eigenvalue weighted by Crippen LogP contribution is -2.33. The highest BCUT2D eigenvalue weighted by Crippen LogP contribution is 2.43. The molecule has 12 aromatic rings. The zero-order valence-electron chi connectivity index (χ0n) is 51.0. The molecule has 0 N–H and O–H groups in total. The third kappa shape index (κ3) is 11.4. The van der Waals surface area contributed by atoms with Gasteiger partial charge in [0.1, 0.15) is 22.6 Å². The van der Waals surface area contributed by atoms with Crippen LogP contribution >= 0.6 is 46.4 Å². The number of carbonyl (C=O) groups excluding carboxylic acids is 6. The lowest BCUT2D eigenvalue weighted by Gasteiger charge is -2.25. The van der Waals surface area contributed by atoms with E-state index in [9.17, 15) is 41.9 Å². The van der Waals surface area contributed by atoms with Gasteiger partial charge in [-0.2, -0.15) is 0 Å². The van der Waals surface area contributed by atoms with E-state index in [1.807, 2.05) is 43.3 Å². The number of hydrogen-bond acceptors (Lipinski definition) is 12. The van der Waals surface area contributed by atoms with E-state index in [0.717, 1.165) is 23.2 Å². The van der Waals surface area contributed by atoms with Crippen LogP contribution in [0.2, 0.25) is 20.2 Å². The van der Waals surface area contributed by atoms with Gasteiger partial charge in [-0.25, -0.2) is 33.1 Å². The van der Waals surface area contributed by atoms with Crippen LogP contribution in [-0.2, 0) is 6.42 Å². The number of aromatic nitrogens is 6. The maximum atomic E-state index is 14.3. The molecule has 0 radical (unpaired) electrons. The molecule has 3 aliphatic heterocycles. The first-order chi connectivity index (χ1) is 46.2. The molecular weight excluding hydrogens is 1310 g/mol. The summed E-state index contributed by atoms with van der Waals surface area (Å²) in [7, 11) is 0. The van der Waals surface area contributed by atoms with Crippen molar-refractivity contribution in [3.63, 3.8) is 0 Å². The van der Waals surface area contributed by atoms with Crippen molar-refractivity contribution in [2.45, 2.75) is 52.2 Å². The molecule has 0 aliphatic carbocycles. The van der Waals surface area contributed by atoms with E-state index in [1.54, 1.807) is 130 Å². The van der Waals surface area contributed by atoms with Crippen molar-refractivity contribution in [2.75, 3.05) is 0 Å². The molecule has 0 bridgehead atoms. The van der Waals surface area contributed by atoms with Crippen molar-refractivity contribution in [3.05, 3.63) is 282 Å². The largest absolute Gasteiger partial charge is 0.269 e. The Bertz CT molecular complexity index is 5210. The third-order valence-corrected chi connectivity index (χ3v) is 18.2. The van der Waals surface area contributed by atoms with E-state index >= 15 is 0 Å². The van der Waals surface area contributed by atoms with E-state index in [-0.39, 0.29) is 34.3 Å². The molecule has 96 heavy (non-hydrogen) atoms. The van der Waals surface area contributed by atoms with E-state index in [0.29, 0.717) is 127 Å². The first-order valence-electron chi connectivity index (χ1n) is 30.0. The van der Waals surface area contributed by atoms with Gasteiger partial charge in [0.05, 0.1) is 119 Å². The molecule has 6 amide bonds. The smallest absolute Gasteiger partial charge is 0.262 e. The minimum absolute atomic E-state index is 0.0427. The van der Waals surface area contributed by atoms with Crippen molar-refractivity contribution in [1.82, 2.24) is 44.6 Å². The summed E-state index contributed by atoms with van der Waals surface area (Å²) in [6.45, 7) is 7.17. The Balaban J connectivity index is 0.000000130. The van der Waals surface area contributed by atoms with Crippen LogP contribution in [-0.4, -0.2) is 80.0 Å². The predicted molar refractivity (Wildman–Crippen MR) is 360 cm³/mol. The third-order valence-electron chi connectivity index (χ3n) is 17.0. The molecule has 15 rings (SSSR count). The van der Waals surface area contributed by atoms with Gasteiger partial charge in [-0.3, -0.25) is 53.4 Å². The molecule has 0 fully saturated rings. The van der Waals surface area contributed by atoms with Crippen LogP contribution in [0.1, 0.15) is 130 Å². The zero-order chi connectivity index (χ0) is 67.5. The summed E-state index contributed by atoms with van der Waals surface area (Å²) in [5, 5.41) is 3.57. The minimum atomic E-state index is -0.715. The Morgan fingerprint density at radius 3 is 1.08 bits per heavy atom. The molecule has 3 aliphatic rings. The van der Waals surface area contributed by atoms with Gasteiger partial charge in [0, 0.05) is 61.4 Å². The van der Waals surface area contributed by atoms with Crippen LogP contribution in [0.3, 0.4) is 0 Å². The average molecular weight is 1360 g/mol. The van der Waals surface area contributed by atoms with Gasteiger partial charge < -0.3 is 0 Å². The number of para-hydroxylation sites is 3. The Labute approximate surface area is 565 Å². The summed E-state index contributed by atoms with van der Waals surface area (Å²) in [5.41, 5.74) is 8.47. The first-order valence-corrected chi connectivity index (χ1v) is 31.5. The Morgan fingerprint density at radius 2 is 0.708 bits per heavy atom. The van der Waals surface area contributed by atoms with Crippen LogP contribution in [0, 0.1) is 17.5 Å². The molecule has 15 nitrogen and oxygen atoms in total. The van der Waals surface area contributed by atoms with Gasteiger partial charge >= 0.3 is 0 Å². The lowest BCUT2D eigenvalue weighted by atomic mass is 9.96. The molecule has 22 heteroatoms. The van der Waals surface area contributed by atoms with E-state index in [2.05, 4.69) is 24.9 Å². The number of carbonyl (C=O) groups is 6. The first kappa shape index (κ1) is 64.1. The molecule has 6 aromatic carbocycles. The second kappa shape index (κ2) is 25.9. The monoisotopic (exact) mass is 1360 g/mol. The van der Waals surface area contributed by atoms with Crippen molar-refractivity contribution in [2.24, 2.45) is 0 Å². The Kier molecular flexibility index (Phi) is 17.3. The number of aryl methyl sites for hydroxylation is 1. The van der Waals surface area contributed by atoms with Crippen LogP contribution in [0.25, 0.3) is 66.5 Å². The summed E-state index contributed by atoms with van der Waals surface area (Å²) >= 11 is 25.4. The fourth-order valence-electron chi connectivity index (χ4n) is 12.3. The lowest BCUT2D eigenvalue weighted by molar-refractivity contribution is 0.0579. The van der Waals surface area contributed by atoms with Crippen LogP contribution < -0.4 is 0 Å². The summed E-state index contributed by atoms with van der Waals surface area (Å²) in [4.78, 5) is 108. The standard InChI is InChI=1S/C26H19ClFN3O2.C24H14Cl2FN3O2.C24H15ClFN3O2/c1-3-22-20(12-16(28)13-29-22)24-19(11-15-7-6-10-21(27)23(15)30-24)14(2)31-25(32)17-8-4-5-9-18(17)26(31)33;1-12(30-23(31)15-6-2-3-7-16(15)24(30)32)17-9-13-5-4-8-19(25)20(13)29-21(17)18-10-14(27)11-28-22(18)26;1-13(29-23(30)17-6-2-3-7-18(17)24(29)31)19-10-14-5-4-8-20(25)22(14)28-21(19)15-9-16(26)12-27-11-15/h4-14H,3H2,1-2H3;2-12H,1H3;2-13H,1H3/t14-;12-;13-/m000/s1. The van der Waals surface area contributed by atoms with Crippen molar-refractivity contribution >= 4 is 115 Å². The number of imide groups is 3. The topological polar surface area (TPSA) is 189 Å². The molecule has 0 saturated carbocycles. The molecule has 0 unspecified atom stereocenters. The van der Waals surface area contributed by atoms with Gasteiger partial charge in [0.2, 0.25) is 0 Å². The van der Waals surface area contributed by atoms with Crippen molar-refractivity contribution in [1.29, 1.82) is 0 Å². The number of pyridine rings is 6. The number of benzene rings is 6. The predicted octanol–water partition coefficient (Wildman–Crippen LogP) is 17.6. The fraction of sp³-hybridized carbons (Fsp3) is 0.108. The summed E-state index contributed by atoms with van der Waals surface area (Å²) < 4.78 is 42.3. The fourth-order valence-corrected chi connectivity index (χ4v) is 13.2.